The average molecular weight is 474 g/mol. The Balaban J connectivity index is 0.000000275. The fourth-order valence-corrected chi connectivity index (χ4v) is 5.99. The molecule has 2 N–H and O–H groups in total. The number of rotatable bonds is 8. The van der Waals surface area contributed by atoms with Crippen molar-refractivity contribution in [3.05, 3.63) is 101 Å². The van der Waals surface area contributed by atoms with Crippen molar-refractivity contribution in [2.75, 3.05) is 5.75 Å². The van der Waals surface area contributed by atoms with Crippen molar-refractivity contribution in [3.63, 3.8) is 0 Å². The topological polar surface area (TPSA) is 68.9 Å². The minimum absolute atomic E-state index is 0.487. The standard InChI is InChI=1S/C21H19NOS2.C6H8N2/c23-15-21(11-5-6-13-24-20-22-12-14-25-20)18-9-3-1-7-16(18)17-8-2-4-10-19(17)21;7-5-6-3-1-2-4-8-6/h1-4,7-10,12,14-15H,5-6,11,13H2;1-4H,5,7H2. The Bertz CT molecular complexity index is 1120. The van der Waals surface area contributed by atoms with Crippen molar-refractivity contribution in [3.8, 4) is 11.1 Å². The van der Waals surface area contributed by atoms with Crippen LogP contribution in [-0.2, 0) is 16.8 Å². The number of nitrogens with two attached hydrogens (primary N) is 1. The van der Waals surface area contributed by atoms with Crippen molar-refractivity contribution in [2.24, 2.45) is 5.73 Å². The van der Waals surface area contributed by atoms with E-state index in [9.17, 15) is 4.79 Å². The zero-order valence-electron chi connectivity index (χ0n) is 18.4. The lowest BCUT2D eigenvalue weighted by atomic mass is 9.75. The summed E-state index contributed by atoms with van der Waals surface area (Å²) in [5.41, 5.74) is 10.5. The van der Waals surface area contributed by atoms with Gasteiger partial charge in [0.15, 0.2) is 0 Å². The number of hydrogen-bond acceptors (Lipinski definition) is 6. The molecule has 33 heavy (non-hydrogen) atoms. The molecule has 0 aliphatic heterocycles. The molecule has 4 aromatic rings. The van der Waals surface area contributed by atoms with Crippen LogP contribution in [0.4, 0.5) is 0 Å². The van der Waals surface area contributed by atoms with Gasteiger partial charge in [-0.15, -0.1) is 11.3 Å². The molecule has 2 heterocycles. The third-order valence-corrected chi connectivity index (χ3v) is 7.89. The molecule has 168 valence electrons. The monoisotopic (exact) mass is 473 g/mol. The first-order chi connectivity index (χ1) is 16.3. The molecule has 0 saturated heterocycles. The Morgan fingerprint density at radius 1 is 0.879 bits per heavy atom. The van der Waals surface area contributed by atoms with Crippen LogP contribution in [0.2, 0.25) is 0 Å². The maximum atomic E-state index is 12.3. The molecule has 1 aliphatic carbocycles. The van der Waals surface area contributed by atoms with Gasteiger partial charge in [0.25, 0.3) is 0 Å². The van der Waals surface area contributed by atoms with Crippen LogP contribution in [0.1, 0.15) is 36.1 Å². The van der Waals surface area contributed by atoms with Crippen molar-refractivity contribution in [1.29, 1.82) is 0 Å². The van der Waals surface area contributed by atoms with Crippen LogP contribution in [0.25, 0.3) is 11.1 Å². The number of thiazole rings is 1. The highest BCUT2D eigenvalue weighted by Gasteiger charge is 2.42. The summed E-state index contributed by atoms with van der Waals surface area (Å²) in [7, 11) is 0. The van der Waals surface area contributed by atoms with Crippen LogP contribution < -0.4 is 5.73 Å². The number of nitrogens with zero attached hydrogens (tertiary/aromatic N) is 2. The average Bonchev–Trinajstić information content (AvgIpc) is 3.50. The third kappa shape index (κ3) is 5.24. The van der Waals surface area contributed by atoms with E-state index in [-0.39, 0.29) is 0 Å². The molecule has 2 aromatic carbocycles. The Morgan fingerprint density at radius 3 is 2.12 bits per heavy atom. The van der Waals surface area contributed by atoms with Gasteiger partial charge in [0.1, 0.15) is 10.6 Å². The fraction of sp³-hybridized carbons (Fsp3) is 0.222. The zero-order chi connectivity index (χ0) is 22.9. The molecular weight excluding hydrogens is 446 g/mol. The van der Waals surface area contributed by atoms with Crippen molar-refractivity contribution in [1.82, 2.24) is 9.97 Å². The summed E-state index contributed by atoms with van der Waals surface area (Å²) < 4.78 is 1.13. The van der Waals surface area contributed by atoms with Gasteiger partial charge in [-0.3, -0.25) is 4.98 Å². The molecule has 0 atom stereocenters. The van der Waals surface area contributed by atoms with Gasteiger partial charge in [-0.25, -0.2) is 4.98 Å². The number of carbonyl (C=O) groups is 1. The number of pyridine rings is 1. The van der Waals surface area contributed by atoms with E-state index in [4.69, 9.17) is 5.73 Å². The number of carbonyl (C=O) groups excluding carboxylic acids is 1. The second-order valence-electron chi connectivity index (χ2n) is 7.81. The zero-order valence-corrected chi connectivity index (χ0v) is 20.0. The summed E-state index contributed by atoms with van der Waals surface area (Å²) in [6.45, 7) is 0.529. The number of aldehydes is 1. The molecule has 0 unspecified atom stereocenters. The number of fused-ring (bicyclic) bond motifs is 3. The molecule has 0 bridgehead atoms. The molecule has 6 heteroatoms. The maximum Gasteiger partial charge on any atom is 0.149 e. The van der Waals surface area contributed by atoms with E-state index in [0.717, 1.165) is 35.0 Å². The van der Waals surface area contributed by atoms with Gasteiger partial charge in [0.2, 0.25) is 0 Å². The second kappa shape index (κ2) is 11.4. The van der Waals surface area contributed by atoms with E-state index in [2.05, 4.69) is 46.4 Å². The van der Waals surface area contributed by atoms with Gasteiger partial charge >= 0.3 is 0 Å². The summed E-state index contributed by atoms with van der Waals surface area (Å²) in [5, 5.41) is 2.01. The Hall–Kier alpha value is -2.80. The van der Waals surface area contributed by atoms with E-state index in [1.54, 1.807) is 29.3 Å². The molecule has 0 fully saturated rings. The van der Waals surface area contributed by atoms with Crippen LogP contribution in [0.5, 0.6) is 0 Å². The highest BCUT2D eigenvalue weighted by Crippen LogP contribution is 2.50. The molecule has 0 saturated carbocycles. The first-order valence-corrected chi connectivity index (χ1v) is 12.9. The van der Waals surface area contributed by atoms with Crippen LogP contribution >= 0.6 is 23.1 Å². The largest absolute Gasteiger partial charge is 0.325 e. The van der Waals surface area contributed by atoms with Crippen LogP contribution in [0, 0.1) is 0 Å². The Kier molecular flexibility index (Phi) is 8.05. The lowest BCUT2D eigenvalue weighted by Crippen LogP contribution is -2.27. The predicted molar refractivity (Wildman–Crippen MR) is 138 cm³/mol. The van der Waals surface area contributed by atoms with Gasteiger partial charge in [-0.05, 0) is 47.2 Å². The summed E-state index contributed by atoms with van der Waals surface area (Å²) in [4.78, 5) is 20.6. The highest BCUT2D eigenvalue weighted by atomic mass is 32.2. The van der Waals surface area contributed by atoms with Gasteiger partial charge in [-0.1, -0.05) is 72.8 Å². The smallest absolute Gasteiger partial charge is 0.149 e. The van der Waals surface area contributed by atoms with Crippen molar-refractivity contribution < 1.29 is 4.79 Å². The number of hydrogen-bond donors (Lipinski definition) is 1. The molecule has 0 amide bonds. The second-order valence-corrected chi connectivity index (χ2v) is 10.0. The Labute approximate surface area is 203 Å². The molecule has 0 radical (unpaired) electrons. The van der Waals surface area contributed by atoms with Crippen molar-refractivity contribution >= 4 is 29.4 Å². The summed E-state index contributed by atoms with van der Waals surface area (Å²) in [5.74, 6) is 1.05. The molecule has 5 rings (SSSR count). The lowest BCUT2D eigenvalue weighted by molar-refractivity contribution is -0.111. The number of benzene rings is 2. The van der Waals surface area contributed by atoms with E-state index in [1.807, 2.05) is 41.9 Å². The van der Waals surface area contributed by atoms with Crippen molar-refractivity contribution in [2.45, 2.75) is 35.6 Å². The molecule has 1 aliphatic rings. The number of thioether (sulfide) groups is 1. The number of unbranched alkanes of at least 4 members (excludes halogenated alkanes) is 1. The number of aromatic nitrogens is 2. The van der Waals surface area contributed by atoms with Gasteiger partial charge in [0.05, 0.1) is 11.1 Å². The third-order valence-electron chi connectivity index (χ3n) is 5.84. The first kappa shape index (κ1) is 23.4. The minimum atomic E-state index is -0.487. The van der Waals surface area contributed by atoms with Gasteiger partial charge < -0.3 is 10.5 Å². The molecular formula is C27H27N3OS2. The Morgan fingerprint density at radius 2 is 1.58 bits per heavy atom. The molecule has 4 nitrogen and oxygen atoms in total. The van der Waals surface area contributed by atoms with E-state index in [1.165, 1.54) is 28.5 Å². The fourth-order valence-electron chi connectivity index (χ4n) is 4.28. The summed E-state index contributed by atoms with van der Waals surface area (Å²) in [6, 6.07) is 22.4. The van der Waals surface area contributed by atoms with Gasteiger partial charge in [0, 0.05) is 30.1 Å². The maximum absolute atomic E-state index is 12.3. The lowest BCUT2D eigenvalue weighted by Gasteiger charge is -2.25. The van der Waals surface area contributed by atoms with E-state index in [0.29, 0.717) is 6.54 Å². The van der Waals surface area contributed by atoms with E-state index >= 15 is 0 Å². The molecule has 2 aromatic heterocycles. The summed E-state index contributed by atoms with van der Waals surface area (Å²) in [6.07, 6.45) is 7.74. The van der Waals surface area contributed by atoms with Crippen LogP contribution in [-0.4, -0.2) is 22.0 Å². The van der Waals surface area contributed by atoms with Crippen LogP contribution in [0.3, 0.4) is 0 Å². The highest BCUT2D eigenvalue weighted by molar-refractivity contribution is 8.00. The summed E-state index contributed by atoms with van der Waals surface area (Å²) >= 11 is 3.49. The normalized spacial score (nSPS) is 12.9. The quantitative estimate of drug-likeness (QED) is 0.190. The van der Waals surface area contributed by atoms with Crippen LogP contribution in [0.15, 0.2) is 88.8 Å². The molecule has 0 spiro atoms. The SMILES string of the molecule is NCc1ccccn1.O=CC1(CCCCSc2nccs2)c2ccccc2-c2ccccc21. The van der Waals surface area contributed by atoms with Gasteiger partial charge in [-0.2, -0.15) is 0 Å². The first-order valence-electron chi connectivity index (χ1n) is 11.1. The minimum Gasteiger partial charge on any atom is -0.325 e. The predicted octanol–water partition coefficient (Wildman–Crippen LogP) is 6.11. The van der Waals surface area contributed by atoms with E-state index < -0.39 is 5.41 Å².